The van der Waals surface area contributed by atoms with Gasteiger partial charge in [-0.2, -0.15) is 0 Å². The van der Waals surface area contributed by atoms with Gasteiger partial charge in [0.1, 0.15) is 5.75 Å². The molecule has 0 saturated heterocycles. The van der Waals surface area contributed by atoms with E-state index >= 15 is 0 Å². The zero-order valence-corrected chi connectivity index (χ0v) is 11.8. The third-order valence-electron chi connectivity index (χ3n) is 2.46. The van der Waals surface area contributed by atoms with Crippen LogP contribution < -0.4 is 15.4 Å². The third kappa shape index (κ3) is 4.75. The molecule has 18 heavy (non-hydrogen) atoms. The Hall–Kier alpha value is -1.55. The molecule has 4 nitrogen and oxygen atoms in total. The molecule has 0 spiro atoms. The first-order valence-corrected chi connectivity index (χ1v) is 6.01. The molecular formula is C14H22N2O2. The highest BCUT2D eigenvalue weighted by molar-refractivity contribution is 5.92. The lowest BCUT2D eigenvalue weighted by Gasteiger charge is -2.20. The van der Waals surface area contributed by atoms with Crippen LogP contribution >= 0.6 is 0 Å². The van der Waals surface area contributed by atoms with Crippen LogP contribution in [0.3, 0.4) is 0 Å². The van der Waals surface area contributed by atoms with Crippen molar-refractivity contribution in [3.8, 4) is 5.75 Å². The maximum atomic E-state index is 11.7. The zero-order valence-electron chi connectivity index (χ0n) is 11.8. The highest BCUT2D eigenvalue weighted by Gasteiger charge is 2.11. The van der Waals surface area contributed by atoms with Gasteiger partial charge in [-0.15, -0.1) is 0 Å². The van der Waals surface area contributed by atoms with E-state index < -0.39 is 0 Å². The molecular weight excluding hydrogens is 228 g/mol. The topological polar surface area (TPSA) is 50.4 Å². The summed E-state index contributed by atoms with van der Waals surface area (Å²) in [6.07, 6.45) is 0. The molecule has 0 unspecified atom stereocenters. The van der Waals surface area contributed by atoms with Crippen LogP contribution in [-0.2, 0) is 4.79 Å². The lowest BCUT2D eigenvalue weighted by molar-refractivity contribution is -0.115. The van der Waals surface area contributed by atoms with Crippen LogP contribution in [0.4, 0.5) is 5.69 Å². The van der Waals surface area contributed by atoms with E-state index in [4.69, 9.17) is 4.74 Å². The van der Waals surface area contributed by atoms with Crippen LogP contribution in [-0.4, -0.2) is 25.1 Å². The first-order chi connectivity index (χ1) is 8.31. The van der Waals surface area contributed by atoms with Crippen molar-refractivity contribution < 1.29 is 9.53 Å². The number of hydrogen-bond donors (Lipinski definition) is 2. The summed E-state index contributed by atoms with van der Waals surface area (Å²) >= 11 is 0. The van der Waals surface area contributed by atoms with Gasteiger partial charge in [0.15, 0.2) is 0 Å². The Bertz CT molecular complexity index is 422. The van der Waals surface area contributed by atoms with Crippen molar-refractivity contribution in [1.82, 2.24) is 5.32 Å². The summed E-state index contributed by atoms with van der Waals surface area (Å²) in [4.78, 5) is 11.7. The predicted octanol–water partition coefficient (Wildman–Crippen LogP) is 2.33. The van der Waals surface area contributed by atoms with Crippen molar-refractivity contribution >= 4 is 11.6 Å². The van der Waals surface area contributed by atoms with E-state index in [1.165, 1.54) is 0 Å². The summed E-state index contributed by atoms with van der Waals surface area (Å²) in [6, 6.07) is 5.58. The standard InChI is InChI=1S/C14H22N2O2/c1-10-8-11(6-7-12(10)18-5)16-13(17)9-15-14(2,3)4/h6-8,15H,9H2,1-5H3,(H,16,17). The predicted molar refractivity (Wildman–Crippen MR) is 74.1 cm³/mol. The van der Waals surface area contributed by atoms with Crippen LogP contribution in [0.5, 0.6) is 5.75 Å². The first kappa shape index (κ1) is 14.5. The summed E-state index contributed by atoms with van der Waals surface area (Å²) in [6.45, 7) is 8.32. The van der Waals surface area contributed by atoms with Crippen molar-refractivity contribution in [2.45, 2.75) is 33.2 Å². The zero-order chi connectivity index (χ0) is 13.8. The SMILES string of the molecule is COc1ccc(NC(=O)CNC(C)(C)C)cc1C. The average molecular weight is 250 g/mol. The highest BCUT2D eigenvalue weighted by Crippen LogP contribution is 2.21. The van der Waals surface area contributed by atoms with Crippen molar-refractivity contribution in [3.05, 3.63) is 23.8 Å². The number of carbonyl (C=O) groups is 1. The number of hydrogen-bond acceptors (Lipinski definition) is 3. The van der Waals surface area contributed by atoms with Gasteiger partial charge in [0.25, 0.3) is 0 Å². The van der Waals surface area contributed by atoms with Gasteiger partial charge in [0.2, 0.25) is 5.91 Å². The van der Waals surface area contributed by atoms with Crippen LogP contribution in [0.15, 0.2) is 18.2 Å². The number of anilines is 1. The minimum absolute atomic E-state index is 0.0468. The molecule has 0 aliphatic heterocycles. The Morgan fingerprint density at radius 3 is 2.50 bits per heavy atom. The van der Waals surface area contributed by atoms with E-state index in [1.807, 2.05) is 45.9 Å². The first-order valence-electron chi connectivity index (χ1n) is 6.01. The van der Waals surface area contributed by atoms with E-state index in [9.17, 15) is 4.79 Å². The Kier molecular flexibility index (Phi) is 4.73. The Morgan fingerprint density at radius 2 is 2.00 bits per heavy atom. The number of nitrogens with one attached hydrogen (secondary N) is 2. The van der Waals surface area contributed by atoms with E-state index in [0.29, 0.717) is 6.54 Å². The van der Waals surface area contributed by atoms with Gasteiger partial charge in [0.05, 0.1) is 13.7 Å². The van der Waals surface area contributed by atoms with E-state index in [2.05, 4.69) is 10.6 Å². The number of ether oxygens (including phenoxy) is 1. The molecule has 100 valence electrons. The number of amides is 1. The summed E-state index contributed by atoms with van der Waals surface area (Å²) in [5, 5.41) is 5.99. The molecule has 1 rings (SSSR count). The molecule has 0 fully saturated rings. The monoisotopic (exact) mass is 250 g/mol. The van der Waals surface area contributed by atoms with Crippen molar-refractivity contribution in [2.75, 3.05) is 19.0 Å². The third-order valence-corrected chi connectivity index (χ3v) is 2.46. The molecule has 0 aliphatic carbocycles. The molecule has 2 N–H and O–H groups in total. The maximum Gasteiger partial charge on any atom is 0.238 e. The van der Waals surface area contributed by atoms with Crippen LogP contribution in [0.25, 0.3) is 0 Å². The molecule has 0 bridgehead atoms. The van der Waals surface area contributed by atoms with Gasteiger partial charge in [-0.25, -0.2) is 0 Å². The minimum atomic E-state index is -0.0623. The molecule has 1 aromatic carbocycles. The van der Waals surface area contributed by atoms with Crippen molar-refractivity contribution in [3.63, 3.8) is 0 Å². The normalized spacial score (nSPS) is 11.2. The molecule has 0 radical (unpaired) electrons. The van der Waals surface area contributed by atoms with Crippen molar-refractivity contribution in [1.29, 1.82) is 0 Å². The Morgan fingerprint density at radius 1 is 1.33 bits per heavy atom. The van der Waals surface area contributed by atoms with Gasteiger partial charge < -0.3 is 15.4 Å². The van der Waals surface area contributed by atoms with Gasteiger partial charge in [-0.05, 0) is 51.5 Å². The van der Waals surface area contributed by atoms with E-state index in [1.54, 1.807) is 7.11 Å². The van der Waals surface area contributed by atoms with Gasteiger partial charge >= 0.3 is 0 Å². The van der Waals surface area contributed by atoms with Crippen LogP contribution in [0, 0.1) is 6.92 Å². The van der Waals surface area contributed by atoms with Crippen molar-refractivity contribution in [2.24, 2.45) is 0 Å². The largest absolute Gasteiger partial charge is 0.496 e. The van der Waals surface area contributed by atoms with Gasteiger partial charge in [0, 0.05) is 11.2 Å². The molecule has 0 saturated carbocycles. The van der Waals surface area contributed by atoms with E-state index in [-0.39, 0.29) is 11.4 Å². The average Bonchev–Trinajstić information content (AvgIpc) is 2.26. The maximum absolute atomic E-state index is 11.7. The summed E-state index contributed by atoms with van der Waals surface area (Å²) in [5.74, 6) is 0.773. The summed E-state index contributed by atoms with van der Waals surface area (Å²) in [7, 11) is 1.63. The minimum Gasteiger partial charge on any atom is -0.496 e. The quantitative estimate of drug-likeness (QED) is 0.862. The second-order valence-corrected chi connectivity index (χ2v) is 5.34. The molecule has 0 aliphatic rings. The van der Waals surface area contributed by atoms with Crippen LogP contribution in [0.2, 0.25) is 0 Å². The van der Waals surface area contributed by atoms with Gasteiger partial charge in [-0.3, -0.25) is 4.79 Å². The Balaban J connectivity index is 2.57. The highest BCUT2D eigenvalue weighted by atomic mass is 16.5. The molecule has 4 heteroatoms. The van der Waals surface area contributed by atoms with Crippen LogP contribution in [0.1, 0.15) is 26.3 Å². The number of carbonyl (C=O) groups excluding carboxylic acids is 1. The molecule has 1 aromatic rings. The summed E-state index contributed by atoms with van der Waals surface area (Å²) in [5.41, 5.74) is 1.72. The second kappa shape index (κ2) is 5.87. The fraction of sp³-hybridized carbons (Fsp3) is 0.500. The molecule has 0 heterocycles. The number of rotatable bonds is 4. The molecule has 1 amide bonds. The lowest BCUT2D eigenvalue weighted by Crippen LogP contribution is -2.41. The molecule has 0 aromatic heterocycles. The fourth-order valence-electron chi connectivity index (χ4n) is 1.51. The molecule has 0 atom stereocenters. The number of aryl methyl sites for hydroxylation is 1. The smallest absolute Gasteiger partial charge is 0.238 e. The Labute approximate surface area is 109 Å². The second-order valence-electron chi connectivity index (χ2n) is 5.34. The number of methoxy groups -OCH3 is 1. The van der Waals surface area contributed by atoms with E-state index in [0.717, 1.165) is 17.0 Å². The fourth-order valence-corrected chi connectivity index (χ4v) is 1.51. The lowest BCUT2D eigenvalue weighted by atomic mass is 10.1. The number of benzene rings is 1. The summed E-state index contributed by atoms with van der Waals surface area (Å²) < 4.78 is 5.17. The van der Waals surface area contributed by atoms with Gasteiger partial charge in [-0.1, -0.05) is 0 Å².